The van der Waals surface area contributed by atoms with Crippen molar-refractivity contribution < 1.29 is 23.9 Å². The number of alkyl carbamates (subject to hydrolysis) is 1. The lowest BCUT2D eigenvalue weighted by atomic mass is 10.0. The first-order chi connectivity index (χ1) is 21.9. The van der Waals surface area contributed by atoms with Crippen LogP contribution >= 0.6 is 0 Å². The van der Waals surface area contributed by atoms with Crippen LogP contribution in [0.5, 0.6) is 5.75 Å². The highest BCUT2D eigenvalue weighted by Gasteiger charge is 2.24. The molecule has 1 heterocycles. The predicted octanol–water partition coefficient (Wildman–Crippen LogP) is 3.82. The van der Waals surface area contributed by atoms with Crippen molar-refractivity contribution in [1.82, 2.24) is 20.9 Å². The van der Waals surface area contributed by atoms with Gasteiger partial charge in [-0.05, 0) is 59.4 Å². The average Bonchev–Trinajstić information content (AvgIpc) is 3.07. The molecule has 234 valence electrons. The number of ether oxygens (including phenoxy) is 2. The van der Waals surface area contributed by atoms with Crippen LogP contribution in [-0.4, -0.2) is 41.6 Å². The molecule has 0 aliphatic heterocycles. The molecule has 4 aromatic rings. The van der Waals surface area contributed by atoms with Crippen molar-refractivity contribution in [2.75, 3.05) is 6.61 Å². The van der Waals surface area contributed by atoms with Crippen LogP contribution in [0.2, 0.25) is 0 Å². The second-order valence-electron chi connectivity index (χ2n) is 10.5. The summed E-state index contributed by atoms with van der Waals surface area (Å²) in [6.07, 6.45) is 3.38. The number of nitrogens with one attached hydrogen (secondary N) is 3. The molecule has 10 nitrogen and oxygen atoms in total. The quantitative estimate of drug-likeness (QED) is 0.160. The summed E-state index contributed by atoms with van der Waals surface area (Å²) in [4.78, 5) is 42.5. The van der Waals surface area contributed by atoms with Gasteiger partial charge in [-0.1, -0.05) is 72.8 Å². The van der Waals surface area contributed by atoms with Gasteiger partial charge in [0, 0.05) is 31.9 Å². The first kappa shape index (κ1) is 32.7. The molecule has 0 saturated carbocycles. The van der Waals surface area contributed by atoms with Crippen LogP contribution in [-0.2, 0) is 46.9 Å². The second-order valence-corrected chi connectivity index (χ2v) is 10.5. The summed E-state index contributed by atoms with van der Waals surface area (Å²) in [6.45, 7) is 3.23. The van der Waals surface area contributed by atoms with E-state index in [4.69, 9.17) is 15.2 Å². The monoisotopic (exact) mass is 609 g/mol. The minimum absolute atomic E-state index is 0.197. The molecule has 3 aromatic carbocycles. The lowest BCUT2D eigenvalue weighted by molar-refractivity contribution is -0.129. The number of pyridine rings is 1. The van der Waals surface area contributed by atoms with Crippen molar-refractivity contribution in [2.45, 2.75) is 51.5 Å². The zero-order chi connectivity index (χ0) is 31.9. The number of amides is 3. The summed E-state index contributed by atoms with van der Waals surface area (Å²) in [6, 6.07) is 26.3. The molecular weight excluding hydrogens is 570 g/mol. The van der Waals surface area contributed by atoms with Crippen molar-refractivity contribution in [3.8, 4) is 5.75 Å². The number of nitrogens with two attached hydrogens (primary N) is 1. The van der Waals surface area contributed by atoms with Crippen LogP contribution in [0.4, 0.5) is 4.79 Å². The van der Waals surface area contributed by atoms with Gasteiger partial charge >= 0.3 is 6.09 Å². The summed E-state index contributed by atoms with van der Waals surface area (Å²) in [5, 5.41) is 8.48. The minimum Gasteiger partial charge on any atom is -0.494 e. The molecular formula is C35H39N5O5. The molecule has 1 aromatic heterocycles. The summed E-state index contributed by atoms with van der Waals surface area (Å²) in [5.41, 5.74) is 10.6. The van der Waals surface area contributed by atoms with Crippen LogP contribution in [0, 0.1) is 0 Å². The third-order valence-corrected chi connectivity index (χ3v) is 6.96. The Morgan fingerprint density at radius 1 is 0.733 bits per heavy atom. The molecule has 10 heteroatoms. The topological polar surface area (TPSA) is 145 Å². The molecule has 0 radical (unpaired) electrons. The van der Waals surface area contributed by atoms with Gasteiger partial charge in [0.05, 0.1) is 12.6 Å². The summed E-state index contributed by atoms with van der Waals surface area (Å²) < 4.78 is 10.7. The van der Waals surface area contributed by atoms with E-state index in [2.05, 4.69) is 20.9 Å². The Balaban J connectivity index is 1.28. The Hall–Kier alpha value is -5.22. The van der Waals surface area contributed by atoms with Gasteiger partial charge in [-0.3, -0.25) is 14.6 Å². The zero-order valence-electron chi connectivity index (χ0n) is 25.3. The lowest BCUT2D eigenvalue weighted by Gasteiger charge is -2.21. The van der Waals surface area contributed by atoms with E-state index in [1.807, 2.05) is 91.9 Å². The second kappa shape index (κ2) is 17.2. The fraction of sp³-hybridized carbons (Fsp3) is 0.257. The SMILES string of the molecule is CCOc1ccc(C[C@@H](N)C(=O)N[C@@H](Cc2cccnc2)C(=O)NCc2ccc(CNC(=O)OCc3ccccc3)cc2)cc1. The first-order valence-electron chi connectivity index (χ1n) is 14.9. The maximum Gasteiger partial charge on any atom is 0.407 e. The van der Waals surface area contributed by atoms with Crippen LogP contribution in [0.25, 0.3) is 0 Å². The number of rotatable bonds is 15. The van der Waals surface area contributed by atoms with E-state index in [1.165, 1.54) is 0 Å². The van der Waals surface area contributed by atoms with E-state index in [0.29, 0.717) is 19.6 Å². The summed E-state index contributed by atoms with van der Waals surface area (Å²) in [7, 11) is 0. The van der Waals surface area contributed by atoms with Gasteiger partial charge in [-0.15, -0.1) is 0 Å². The van der Waals surface area contributed by atoms with Crippen molar-refractivity contribution in [2.24, 2.45) is 5.73 Å². The number of carbonyl (C=O) groups is 3. The number of aromatic nitrogens is 1. The smallest absolute Gasteiger partial charge is 0.407 e. The van der Waals surface area contributed by atoms with E-state index in [9.17, 15) is 14.4 Å². The molecule has 0 unspecified atom stereocenters. The van der Waals surface area contributed by atoms with Gasteiger partial charge in [0.2, 0.25) is 11.8 Å². The number of benzene rings is 3. The predicted molar refractivity (Wildman–Crippen MR) is 171 cm³/mol. The summed E-state index contributed by atoms with van der Waals surface area (Å²) >= 11 is 0. The fourth-order valence-corrected chi connectivity index (χ4v) is 4.51. The highest BCUT2D eigenvalue weighted by Crippen LogP contribution is 2.13. The third-order valence-electron chi connectivity index (χ3n) is 6.96. The normalized spacial score (nSPS) is 12.0. The van der Waals surface area contributed by atoms with Gasteiger partial charge in [0.15, 0.2) is 0 Å². The van der Waals surface area contributed by atoms with Gasteiger partial charge in [0.25, 0.3) is 0 Å². The van der Waals surface area contributed by atoms with Crippen molar-refractivity contribution >= 4 is 17.9 Å². The van der Waals surface area contributed by atoms with Crippen molar-refractivity contribution in [1.29, 1.82) is 0 Å². The van der Waals surface area contributed by atoms with E-state index < -0.39 is 24.1 Å². The van der Waals surface area contributed by atoms with E-state index in [-0.39, 0.29) is 25.5 Å². The lowest BCUT2D eigenvalue weighted by Crippen LogP contribution is -2.52. The highest BCUT2D eigenvalue weighted by atomic mass is 16.5. The van der Waals surface area contributed by atoms with Gasteiger partial charge in [-0.2, -0.15) is 0 Å². The first-order valence-corrected chi connectivity index (χ1v) is 14.9. The van der Waals surface area contributed by atoms with Crippen molar-refractivity contribution in [3.63, 3.8) is 0 Å². The molecule has 0 saturated heterocycles. The van der Waals surface area contributed by atoms with Crippen LogP contribution < -0.4 is 26.4 Å². The van der Waals surface area contributed by atoms with Crippen LogP contribution in [0.3, 0.4) is 0 Å². The Bertz CT molecular complexity index is 1500. The maximum absolute atomic E-state index is 13.3. The Morgan fingerprint density at radius 3 is 2.02 bits per heavy atom. The van der Waals surface area contributed by atoms with Gasteiger partial charge in [-0.25, -0.2) is 4.79 Å². The molecule has 45 heavy (non-hydrogen) atoms. The number of hydrogen-bond donors (Lipinski definition) is 4. The Morgan fingerprint density at radius 2 is 1.38 bits per heavy atom. The molecule has 4 rings (SSSR count). The molecule has 0 spiro atoms. The van der Waals surface area contributed by atoms with Crippen LogP contribution in [0.1, 0.15) is 34.7 Å². The van der Waals surface area contributed by atoms with Crippen molar-refractivity contribution in [3.05, 3.63) is 131 Å². The average molecular weight is 610 g/mol. The molecule has 5 N–H and O–H groups in total. The van der Waals surface area contributed by atoms with Gasteiger partial charge < -0.3 is 31.2 Å². The third kappa shape index (κ3) is 11.1. The zero-order valence-corrected chi connectivity index (χ0v) is 25.3. The van der Waals surface area contributed by atoms with E-state index in [1.54, 1.807) is 18.5 Å². The molecule has 3 amide bonds. The number of carbonyl (C=O) groups excluding carboxylic acids is 3. The van der Waals surface area contributed by atoms with E-state index in [0.717, 1.165) is 33.6 Å². The Kier molecular flexibility index (Phi) is 12.5. The fourth-order valence-electron chi connectivity index (χ4n) is 4.51. The number of hydrogen-bond acceptors (Lipinski definition) is 7. The molecule has 2 atom stereocenters. The molecule has 0 bridgehead atoms. The summed E-state index contributed by atoms with van der Waals surface area (Å²) in [5.74, 6) is -0.0162. The van der Waals surface area contributed by atoms with E-state index >= 15 is 0 Å². The standard InChI is InChI=1S/C35H39N5O5/c1-2-44-30-16-14-25(15-17-30)19-31(36)33(41)40-32(20-29-9-6-18-37-21-29)34(42)38-22-26-10-12-27(13-11-26)23-39-35(43)45-24-28-7-4-3-5-8-28/h3-18,21,31-32H,2,19-20,22-24,36H2,1H3,(H,38,42)(H,39,43)(H,40,41)/t31-,32+/m1/s1. The largest absolute Gasteiger partial charge is 0.494 e. The van der Waals surface area contributed by atoms with Crippen LogP contribution in [0.15, 0.2) is 103 Å². The Labute approximate surface area is 263 Å². The molecule has 0 aliphatic carbocycles. The van der Waals surface area contributed by atoms with Gasteiger partial charge in [0.1, 0.15) is 18.4 Å². The maximum atomic E-state index is 13.3. The minimum atomic E-state index is -0.849. The highest BCUT2D eigenvalue weighted by molar-refractivity contribution is 5.90. The molecule has 0 fully saturated rings. The number of nitrogens with zero attached hydrogens (tertiary/aromatic N) is 1. The molecule has 0 aliphatic rings.